The highest BCUT2D eigenvalue weighted by atomic mass is 35.5. The molecule has 5 heteroatoms. The van der Waals surface area contributed by atoms with Crippen LogP contribution >= 0.6 is 11.6 Å². The summed E-state index contributed by atoms with van der Waals surface area (Å²) >= 11 is 6.01. The maximum atomic E-state index is 13.6. The van der Waals surface area contributed by atoms with Gasteiger partial charge >= 0.3 is 0 Å². The summed E-state index contributed by atoms with van der Waals surface area (Å²) in [6.45, 7) is 1.89. The average Bonchev–Trinajstić information content (AvgIpc) is 2.33. The van der Waals surface area contributed by atoms with Crippen molar-refractivity contribution < 1.29 is 4.39 Å². The molecule has 0 radical (unpaired) electrons. The quantitative estimate of drug-likeness (QED) is 0.890. The predicted molar refractivity (Wildman–Crippen MR) is 66.7 cm³/mol. The minimum absolute atomic E-state index is 0.242. The van der Waals surface area contributed by atoms with Crippen molar-refractivity contribution in [3.63, 3.8) is 0 Å². The number of rotatable bonds is 2. The summed E-state index contributed by atoms with van der Waals surface area (Å²) in [5, 5.41) is 3.36. The third-order valence-corrected chi connectivity index (χ3v) is 2.82. The molecule has 88 valence electrons. The van der Waals surface area contributed by atoms with Crippen molar-refractivity contribution in [2.75, 3.05) is 12.4 Å². The van der Waals surface area contributed by atoms with Crippen LogP contribution in [0.1, 0.15) is 5.56 Å². The topological polar surface area (TPSA) is 37.8 Å². The van der Waals surface area contributed by atoms with Gasteiger partial charge in [0.05, 0.1) is 6.20 Å². The molecule has 0 amide bonds. The maximum absolute atomic E-state index is 13.6. The van der Waals surface area contributed by atoms with Crippen molar-refractivity contribution in [3.05, 3.63) is 40.8 Å². The monoisotopic (exact) mass is 251 g/mol. The zero-order chi connectivity index (χ0) is 12.4. The number of nitrogens with zero attached hydrogens (tertiary/aromatic N) is 2. The van der Waals surface area contributed by atoms with Gasteiger partial charge in [0.15, 0.2) is 5.82 Å². The summed E-state index contributed by atoms with van der Waals surface area (Å²) in [5.74, 6) is -0.0954. The van der Waals surface area contributed by atoms with Gasteiger partial charge < -0.3 is 5.32 Å². The Morgan fingerprint density at radius 3 is 2.76 bits per heavy atom. The number of halogens is 2. The van der Waals surface area contributed by atoms with E-state index in [4.69, 9.17) is 11.6 Å². The fourth-order valence-electron chi connectivity index (χ4n) is 1.43. The number of aryl methyl sites for hydroxylation is 1. The molecule has 3 nitrogen and oxygen atoms in total. The molecular weight excluding hydrogens is 241 g/mol. The van der Waals surface area contributed by atoms with Gasteiger partial charge in [0, 0.05) is 17.6 Å². The maximum Gasteiger partial charge on any atom is 0.223 e. The number of hydrogen-bond acceptors (Lipinski definition) is 3. The Labute approximate surface area is 104 Å². The summed E-state index contributed by atoms with van der Waals surface area (Å²) in [6, 6.07) is 5.31. The van der Waals surface area contributed by atoms with Crippen LogP contribution in [-0.2, 0) is 0 Å². The van der Waals surface area contributed by atoms with E-state index >= 15 is 0 Å². The summed E-state index contributed by atoms with van der Waals surface area (Å²) in [5.41, 5.74) is 1.82. The van der Waals surface area contributed by atoms with Crippen molar-refractivity contribution in [1.29, 1.82) is 0 Å². The molecule has 0 bridgehead atoms. The zero-order valence-corrected chi connectivity index (χ0v) is 10.2. The van der Waals surface area contributed by atoms with Crippen LogP contribution in [0, 0.1) is 12.7 Å². The number of hydrogen-bond donors (Lipinski definition) is 1. The molecule has 0 aliphatic heterocycles. The first kappa shape index (κ1) is 11.8. The highest BCUT2D eigenvalue weighted by Gasteiger charge is 2.10. The summed E-state index contributed by atoms with van der Waals surface area (Å²) in [6.07, 6.45) is 1.14. The Balaban J connectivity index is 2.55. The van der Waals surface area contributed by atoms with Crippen LogP contribution in [0.2, 0.25) is 5.02 Å². The minimum Gasteiger partial charge on any atom is -0.357 e. The van der Waals surface area contributed by atoms with E-state index in [1.54, 1.807) is 19.2 Å². The van der Waals surface area contributed by atoms with Crippen LogP contribution < -0.4 is 5.32 Å². The van der Waals surface area contributed by atoms with Gasteiger partial charge in [-0.2, -0.15) is 0 Å². The Bertz CT molecular complexity index is 557. The first-order valence-electron chi connectivity index (χ1n) is 5.08. The summed E-state index contributed by atoms with van der Waals surface area (Å²) in [4.78, 5) is 7.87. The van der Waals surface area contributed by atoms with Gasteiger partial charge in [-0.1, -0.05) is 23.7 Å². The van der Waals surface area contributed by atoms with E-state index in [-0.39, 0.29) is 5.69 Å². The van der Waals surface area contributed by atoms with Crippen LogP contribution in [0.5, 0.6) is 0 Å². The Kier molecular flexibility index (Phi) is 3.24. The van der Waals surface area contributed by atoms with Gasteiger partial charge in [0.25, 0.3) is 0 Å². The zero-order valence-electron chi connectivity index (χ0n) is 9.46. The predicted octanol–water partition coefficient (Wildman–Crippen LogP) is 3.29. The van der Waals surface area contributed by atoms with E-state index in [0.29, 0.717) is 16.5 Å². The molecule has 0 fully saturated rings. The van der Waals surface area contributed by atoms with Crippen molar-refractivity contribution in [1.82, 2.24) is 9.97 Å². The van der Waals surface area contributed by atoms with Crippen LogP contribution in [0.15, 0.2) is 24.4 Å². The van der Waals surface area contributed by atoms with E-state index in [0.717, 1.165) is 11.8 Å². The lowest BCUT2D eigenvalue weighted by Gasteiger charge is -2.06. The molecule has 0 saturated heterocycles. The fourth-order valence-corrected chi connectivity index (χ4v) is 1.61. The van der Waals surface area contributed by atoms with Gasteiger partial charge in [0.1, 0.15) is 5.69 Å². The van der Waals surface area contributed by atoms with Gasteiger partial charge in [-0.05, 0) is 18.6 Å². The number of aromatic nitrogens is 2. The van der Waals surface area contributed by atoms with Crippen LogP contribution in [-0.4, -0.2) is 17.0 Å². The highest BCUT2D eigenvalue weighted by Crippen LogP contribution is 2.26. The van der Waals surface area contributed by atoms with Crippen molar-refractivity contribution in [3.8, 4) is 11.3 Å². The van der Waals surface area contributed by atoms with Gasteiger partial charge in [-0.15, -0.1) is 0 Å². The second kappa shape index (κ2) is 4.67. The van der Waals surface area contributed by atoms with E-state index in [1.165, 1.54) is 0 Å². The molecule has 0 unspecified atom stereocenters. The lowest BCUT2D eigenvalue weighted by Crippen LogP contribution is -1.99. The Morgan fingerprint density at radius 2 is 2.12 bits per heavy atom. The molecule has 1 heterocycles. The minimum atomic E-state index is -0.469. The smallest absolute Gasteiger partial charge is 0.223 e. The van der Waals surface area contributed by atoms with Crippen LogP contribution in [0.3, 0.4) is 0 Å². The van der Waals surface area contributed by atoms with E-state index in [9.17, 15) is 4.39 Å². The molecule has 0 spiro atoms. The molecule has 1 N–H and O–H groups in total. The van der Waals surface area contributed by atoms with Crippen molar-refractivity contribution in [2.45, 2.75) is 6.92 Å². The third kappa shape index (κ3) is 2.36. The third-order valence-electron chi connectivity index (χ3n) is 2.41. The molecule has 0 aliphatic carbocycles. The van der Waals surface area contributed by atoms with Gasteiger partial charge in [-0.3, -0.25) is 0 Å². The second-order valence-corrected chi connectivity index (χ2v) is 4.01. The van der Waals surface area contributed by atoms with Crippen molar-refractivity contribution >= 4 is 17.5 Å². The highest BCUT2D eigenvalue weighted by molar-refractivity contribution is 6.31. The lowest BCUT2D eigenvalue weighted by atomic mass is 10.1. The molecule has 1 aromatic carbocycles. The van der Waals surface area contributed by atoms with Crippen LogP contribution in [0.4, 0.5) is 10.3 Å². The molecular formula is C12H11ClFN3. The molecule has 2 rings (SSSR count). The molecule has 0 atom stereocenters. The normalized spacial score (nSPS) is 10.4. The fraction of sp³-hybridized carbons (Fsp3) is 0.167. The molecule has 2 aromatic rings. The Morgan fingerprint density at radius 1 is 1.35 bits per heavy atom. The van der Waals surface area contributed by atoms with E-state index in [1.807, 2.05) is 13.0 Å². The first-order chi connectivity index (χ1) is 8.11. The number of anilines is 1. The van der Waals surface area contributed by atoms with E-state index in [2.05, 4.69) is 15.3 Å². The first-order valence-corrected chi connectivity index (χ1v) is 5.46. The molecule has 0 aliphatic rings. The molecule has 0 saturated carbocycles. The van der Waals surface area contributed by atoms with Gasteiger partial charge in [0.2, 0.25) is 5.95 Å². The second-order valence-electron chi connectivity index (χ2n) is 3.60. The van der Waals surface area contributed by atoms with Crippen molar-refractivity contribution in [2.24, 2.45) is 0 Å². The average molecular weight is 252 g/mol. The van der Waals surface area contributed by atoms with Crippen LogP contribution in [0.25, 0.3) is 11.3 Å². The number of nitrogens with one attached hydrogen (secondary N) is 1. The molecule has 17 heavy (non-hydrogen) atoms. The molecule has 1 aromatic heterocycles. The van der Waals surface area contributed by atoms with Gasteiger partial charge in [-0.25, -0.2) is 14.4 Å². The summed E-state index contributed by atoms with van der Waals surface area (Å²) in [7, 11) is 1.68. The SMILES string of the molecule is CNc1ncc(F)c(-c2ccc(C)c(Cl)c2)n1. The standard InChI is InChI=1S/C12H11ClFN3/c1-7-3-4-8(5-9(7)13)11-10(14)6-16-12(15-2)17-11/h3-6H,1-2H3,(H,15,16,17). The Hall–Kier alpha value is -1.68. The largest absolute Gasteiger partial charge is 0.357 e. The number of benzene rings is 1. The lowest BCUT2D eigenvalue weighted by molar-refractivity contribution is 0.619. The van der Waals surface area contributed by atoms with E-state index < -0.39 is 5.82 Å². The summed E-state index contributed by atoms with van der Waals surface area (Å²) < 4.78 is 13.6.